The number of nitrogens with one attached hydrogen (secondary N) is 4. The number of benzene rings is 2. The first kappa shape index (κ1) is 22.4. The summed E-state index contributed by atoms with van der Waals surface area (Å²) in [6.07, 6.45) is 0. The maximum atomic E-state index is 12.6. The molecule has 0 saturated heterocycles. The smallest absolute Gasteiger partial charge is 0.279 e. The number of quaternary nitrogens is 1. The van der Waals surface area contributed by atoms with Gasteiger partial charge in [0, 0.05) is 17.3 Å². The van der Waals surface area contributed by atoms with Gasteiger partial charge >= 0.3 is 0 Å². The molecule has 0 spiro atoms. The van der Waals surface area contributed by atoms with Gasteiger partial charge in [-0.05, 0) is 50.2 Å². The van der Waals surface area contributed by atoms with Crippen LogP contribution in [0.5, 0.6) is 0 Å². The number of anilines is 2. The van der Waals surface area contributed by atoms with E-state index in [-0.39, 0.29) is 30.8 Å². The Hall–Kier alpha value is -2.90. The second-order valence-corrected chi connectivity index (χ2v) is 6.90. The number of hydrogen-bond donors (Lipinski definition) is 4. The molecular weight excluding hydrogens is 392 g/mol. The molecule has 0 saturated carbocycles. The molecule has 0 aliphatic heterocycles. The highest BCUT2D eigenvalue weighted by atomic mass is 35.5. The minimum atomic E-state index is -0.342. The van der Waals surface area contributed by atoms with Crippen LogP contribution in [0.2, 0.25) is 5.02 Å². The van der Waals surface area contributed by atoms with E-state index < -0.39 is 0 Å². The van der Waals surface area contributed by atoms with Crippen LogP contribution in [0.1, 0.15) is 24.2 Å². The molecule has 8 heteroatoms. The number of para-hydroxylation sites is 1. The lowest BCUT2D eigenvalue weighted by Gasteiger charge is -2.17. The van der Waals surface area contributed by atoms with Gasteiger partial charge < -0.3 is 20.9 Å². The van der Waals surface area contributed by atoms with Crippen LogP contribution in [-0.4, -0.2) is 43.9 Å². The van der Waals surface area contributed by atoms with Gasteiger partial charge in [-0.3, -0.25) is 14.4 Å². The molecule has 7 nitrogen and oxygen atoms in total. The molecule has 2 aromatic carbocycles. The van der Waals surface area contributed by atoms with Crippen molar-refractivity contribution in [3.05, 3.63) is 59.1 Å². The van der Waals surface area contributed by atoms with Gasteiger partial charge in [0.15, 0.2) is 13.1 Å². The van der Waals surface area contributed by atoms with Crippen LogP contribution in [0.15, 0.2) is 48.5 Å². The zero-order valence-corrected chi connectivity index (χ0v) is 17.3. The van der Waals surface area contributed by atoms with Crippen LogP contribution in [0.4, 0.5) is 11.4 Å². The molecule has 0 radical (unpaired) electrons. The first-order chi connectivity index (χ1) is 13.9. The summed E-state index contributed by atoms with van der Waals surface area (Å²) in [6, 6.07) is 13.5. The Balaban J connectivity index is 2.03. The SMILES string of the molecule is CCNC(=O)C[NH+](CC)CC(=O)Nc1ccccc1C(=O)Nc1ccc(Cl)cc1. The summed E-state index contributed by atoms with van der Waals surface area (Å²) in [7, 11) is 0. The minimum Gasteiger partial charge on any atom is -0.351 e. The number of halogens is 1. The standard InChI is InChI=1S/C21H25ClN4O3/c1-3-23-19(27)13-26(4-2)14-20(28)25-18-8-6-5-7-17(18)21(29)24-16-11-9-15(22)10-12-16/h5-12H,3-4,13-14H2,1-2H3,(H,23,27)(H,24,29)(H,25,28)/p+1. The van der Waals surface area contributed by atoms with Gasteiger partial charge in [-0.1, -0.05) is 23.7 Å². The average molecular weight is 418 g/mol. The van der Waals surface area contributed by atoms with Gasteiger partial charge in [0.25, 0.3) is 17.7 Å². The van der Waals surface area contributed by atoms with E-state index in [4.69, 9.17) is 11.6 Å². The highest BCUT2D eigenvalue weighted by Gasteiger charge is 2.18. The third kappa shape index (κ3) is 7.21. The number of amides is 3. The van der Waals surface area contributed by atoms with E-state index in [2.05, 4.69) is 16.0 Å². The highest BCUT2D eigenvalue weighted by molar-refractivity contribution is 6.30. The number of carbonyl (C=O) groups is 3. The Bertz CT molecular complexity index is 855. The lowest BCUT2D eigenvalue weighted by molar-refractivity contribution is -0.881. The van der Waals surface area contributed by atoms with Crippen LogP contribution in [0, 0.1) is 0 Å². The summed E-state index contributed by atoms with van der Waals surface area (Å²) in [6.45, 7) is 5.29. The van der Waals surface area contributed by atoms with Gasteiger partial charge in [0.1, 0.15) is 0 Å². The molecule has 0 aliphatic rings. The second kappa shape index (κ2) is 11.2. The van der Waals surface area contributed by atoms with Crippen molar-refractivity contribution < 1.29 is 19.3 Å². The van der Waals surface area contributed by atoms with E-state index in [0.29, 0.717) is 35.1 Å². The predicted octanol–water partition coefficient (Wildman–Crippen LogP) is 1.57. The van der Waals surface area contributed by atoms with Gasteiger partial charge in [-0.2, -0.15) is 0 Å². The molecular formula is C21H26ClN4O3+. The molecule has 29 heavy (non-hydrogen) atoms. The van der Waals surface area contributed by atoms with Crippen molar-refractivity contribution >= 4 is 40.7 Å². The van der Waals surface area contributed by atoms with Crippen molar-refractivity contribution in [3.8, 4) is 0 Å². The molecule has 0 fully saturated rings. The molecule has 1 unspecified atom stereocenters. The van der Waals surface area contributed by atoms with Crippen LogP contribution in [-0.2, 0) is 9.59 Å². The summed E-state index contributed by atoms with van der Waals surface area (Å²) in [5.41, 5.74) is 1.36. The Morgan fingerprint density at radius 3 is 2.21 bits per heavy atom. The molecule has 0 aromatic heterocycles. The third-order valence-electron chi connectivity index (χ3n) is 4.24. The van der Waals surface area contributed by atoms with Crippen molar-refractivity contribution in [1.29, 1.82) is 0 Å². The fourth-order valence-corrected chi connectivity index (χ4v) is 2.87. The van der Waals surface area contributed by atoms with E-state index in [1.54, 1.807) is 48.5 Å². The quantitative estimate of drug-likeness (QED) is 0.499. The fraction of sp³-hybridized carbons (Fsp3) is 0.286. The van der Waals surface area contributed by atoms with Gasteiger partial charge in [0.2, 0.25) is 0 Å². The lowest BCUT2D eigenvalue weighted by atomic mass is 10.1. The zero-order chi connectivity index (χ0) is 21.2. The summed E-state index contributed by atoms with van der Waals surface area (Å²) < 4.78 is 0. The first-order valence-electron chi connectivity index (χ1n) is 9.49. The first-order valence-corrected chi connectivity index (χ1v) is 9.86. The molecule has 4 N–H and O–H groups in total. The van der Waals surface area contributed by atoms with Crippen molar-refractivity contribution in [1.82, 2.24) is 5.32 Å². The topological polar surface area (TPSA) is 91.7 Å². The fourth-order valence-electron chi connectivity index (χ4n) is 2.74. The second-order valence-electron chi connectivity index (χ2n) is 6.47. The Labute approximate surface area is 175 Å². The van der Waals surface area contributed by atoms with Gasteiger partial charge in [-0.25, -0.2) is 0 Å². The van der Waals surface area contributed by atoms with Crippen LogP contribution < -0.4 is 20.9 Å². The normalized spacial score (nSPS) is 11.4. The van der Waals surface area contributed by atoms with E-state index in [9.17, 15) is 14.4 Å². The molecule has 2 aromatic rings. The van der Waals surface area contributed by atoms with Crippen molar-refractivity contribution in [2.45, 2.75) is 13.8 Å². The van der Waals surface area contributed by atoms with E-state index >= 15 is 0 Å². The summed E-state index contributed by atoms with van der Waals surface area (Å²) >= 11 is 5.86. The number of rotatable bonds is 9. The third-order valence-corrected chi connectivity index (χ3v) is 4.49. The van der Waals surface area contributed by atoms with Crippen LogP contribution in [0.3, 0.4) is 0 Å². The average Bonchev–Trinajstić information content (AvgIpc) is 2.69. The van der Waals surface area contributed by atoms with Crippen molar-refractivity contribution in [2.75, 3.05) is 36.8 Å². The van der Waals surface area contributed by atoms with Gasteiger partial charge in [-0.15, -0.1) is 0 Å². The van der Waals surface area contributed by atoms with Crippen molar-refractivity contribution in [3.63, 3.8) is 0 Å². The maximum absolute atomic E-state index is 12.6. The number of likely N-dealkylation sites (N-methyl/N-ethyl adjacent to an activating group) is 2. The molecule has 1 atom stereocenters. The summed E-state index contributed by atoms with van der Waals surface area (Å²) in [5, 5.41) is 8.87. The molecule has 0 heterocycles. The van der Waals surface area contributed by atoms with Crippen LogP contribution in [0.25, 0.3) is 0 Å². The van der Waals surface area contributed by atoms with Crippen molar-refractivity contribution in [2.24, 2.45) is 0 Å². The predicted molar refractivity (Wildman–Crippen MR) is 114 cm³/mol. The molecule has 0 bridgehead atoms. The monoisotopic (exact) mass is 417 g/mol. The maximum Gasteiger partial charge on any atom is 0.279 e. The molecule has 154 valence electrons. The number of carbonyl (C=O) groups excluding carboxylic acids is 3. The largest absolute Gasteiger partial charge is 0.351 e. The number of hydrogen-bond acceptors (Lipinski definition) is 3. The molecule has 3 amide bonds. The van der Waals surface area contributed by atoms with Crippen LogP contribution >= 0.6 is 11.6 Å². The lowest BCUT2D eigenvalue weighted by Crippen LogP contribution is -3.14. The highest BCUT2D eigenvalue weighted by Crippen LogP contribution is 2.18. The minimum absolute atomic E-state index is 0.0973. The van der Waals surface area contributed by atoms with E-state index in [1.807, 2.05) is 13.8 Å². The van der Waals surface area contributed by atoms with Gasteiger partial charge in [0.05, 0.1) is 17.8 Å². The zero-order valence-electron chi connectivity index (χ0n) is 16.5. The van der Waals surface area contributed by atoms with E-state index in [1.165, 1.54) is 0 Å². The Morgan fingerprint density at radius 1 is 0.897 bits per heavy atom. The summed E-state index contributed by atoms with van der Waals surface area (Å²) in [5.74, 6) is -0.706. The molecule has 0 aliphatic carbocycles. The van der Waals surface area contributed by atoms with E-state index in [0.717, 1.165) is 4.90 Å². The summed E-state index contributed by atoms with van der Waals surface area (Å²) in [4.78, 5) is 37.7. The Morgan fingerprint density at radius 2 is 1.55 bits per heavy atom. The Kier molecular flexibility index (Phi) is 8.64. The molecule has 2 rings (SSSR count).